The molecule has 0 aliphatic heterocycles. The van der Waals surface area contributed by atoms with Crippen LogP contribution in [0.4, 0.5) is 5.69 Å². The Kier molecular flexibility index (Phi) is 4.82. The third-order valence-corrected chi connectivity index (χ3v) is 4.84. The fourth-order valence-electron chi connectivity index (χ4n) is 1.85. The van der Waals surface area contributed by atoms with Crippen LogP contribution in [0, 0.1) is 12.8 Å². The molecule has 2 rings (SSSR count). The second-order valence-electron chi connectivity index (χ2n) is 5.12. The molecule has 22 heavy (non-hydrogen) atoms. The maximum absolute atomic E-state index is 11.9. The summed E-state index contributed by atoms with van der Waals surface area (Å²) in [6, 6.07) is 4.54. The Morgan fingerprint density at radius 1 is 1.32 bits per heavy atom. The lowest BCUT2D eigenvalue weighted by molar-refractivity contribution is -0.148. The van der Waals surface area contributed by atoms with Crippen LogP contribution in [0.15, 0.2) is 23.1 Å². The van der Waals surface area contributed by atoms with E-state index in [-0.39, 0.29) is 23.4 Å². The van der Waals surface area contributed by atoms with Crippen LogP contribution >= 0.6 is 0 Å². The number of hydrogen-bond donors (Lipinski definition) is 2. The minimum Gasteiger partial charge on any atom is -0.455 e. The molecule has 7 nitrogen and oxygen atoms in total. The minimum atomic E-state index is -3.60. The number of nitrogens with one attached hydrogen (secondary N) is 2. The van der Waals surface area contributed by atoms with Gasteiger partial charge in [-0.15, -0.1) is 0 Å². The van der Waals surface area contributed by atoms with Gasteiger partial charge in [-0.3, -0.25) is 9.59 Å². The van der Waals surface area contributed by atoms with E-state index in [1.165, 1.54) is 13.1 Å². The van der Waals surface area contributed by atoms with Gasteiger partial charge in [0.25, 0.3) is 5.91 Å². The van der Waals surface area contributed by atoms with Crippen molar-refractivity contribution in [1.29, 1.82) is 0 Å². The van der Waals surface area contributed by atoms with Gasteiger partial charge >= 0.3 is 5.97 Å². The summed E-state index contributed by atoms with van der Waals surface area (Å²) in [6.45, 7) is 1.28. The number of ether oxygens (including phenoxy) is 1. The highest BCUT2D eigenvalue weighted by Crippen LogP contribution is 2.30. The van der Waals surface area contributed by atoms with Crippen molar-refractivity contribution in [2.75, 3.05) is 19.0 Å². The Bertz CT molecular complexity index is 695. The lowest BCUT2D eigenvalue weighted by Crippen LogP contribution is -2.22. The van der Waals surface area contributed by atoms with Crippen molar-refractivity contribution in [3.63, 3.8) is 0 Å². The molecule has 0 radical (unpaired) electrons. The Hall–Kier alpha value is -1.93. The van der Waals surface area contributed by atoms with Gasteiger partial charge in [-0.05, 0) is 44.5 Å². The fourth-order valence-corrected chi connectivity index (χ4v) is 2.84. The van der Waals surface area contributed by atoms with Gasteiger partial charge in [0.05, 0.1) is 10.8 Å². The maximum atomic E-state index is 11.9. The summed E-state index contributed by atoms with van der Waals surface area (Å²) in [5.74, 6) is -0.942. The van der Waals surface area contributed by atoms with Crippen LogP contribution in [0.3, 0.4) is 0 Å². The molecule has 1 aliphatic rings. The van der Waals surface area contributed by atoms with Gasteiger partial charge < -0.3 is 10.1 Å². The first-order chi connectivity index (χ1) is 10.3. The quantitative estimate of drug-likeness (QED) is 0.753. The maximum Gasteiger partial charge on any atom is 0.309 e. The van der Waals surface area contributed by atoms with Gasteiger partial charge in [0, 0.05) is 5.69 Å². The Balaban J connectivity index is 2.01. The Morgan fingerprint density at radius 2 is 2.00 bits per heavy atom. The van der Waals surface area contributed by atoms with E-state index in [1.807, 2.05) is 0 Å². The average molecular weight is 326 g/mol. The van der Waals surface area contributed by atoms with Crippen molar-refractivity contribution in [1.82, 2.24) is 4.72 Å². The van der Waals surface area contributed by atoms with Crippen molar-refractivity contribution in [3.05, 3.63) is 23.8 Å². The molecule has 2 N–H and O–H groups in total. The predicted molar refractivity (Wildman–Crippen MR) is 79.7 cm³/mol. The smallest absolute Gasteiger partial charge is 0.309 e. The SMILES string of the molecule is CNS(=O)(=O)c1cc(NC(=O)COC(=O)C2CC2)ccc1C. The van der Waals surface area contributed by atoms with Crippen LogP contribution in [0.2, 0.25) is 0 Å². The van der Waals surface area contributed by atoms with Crippen LogP contribution in [-0.4, -0.2) is 33.9 Å². The molecule has 0 bridgehead atoms. The zero-order valence-electron chi connectivity index (χ0n) is 12.4. The standard InChI is InChI=1S/C14H18N2O5S/c1-9-3-6-11(7-12(9)22(19,20)15-2)16-13(17)8-21-14(18)10-4-5-10/h3,6-7,10,15H,4-5,8H2,1-2H3,(H,16,17). The van der Waals surface area contributed by atoms with E-state index in [1.54, 1.807) is 19.1 Å². The van der Waals surface area contributed by atoms with E-state index < -0.39 is 15.9 Å². The lowest BCUT2D eigenvalue weighted by atomic mass is 10.2. The van der Waals surface area contributed by atoms with Gasteiger partial charge in [0.2, 0.25) is 10.0 Å². The molecule has 0 heterocycles. The minimum absolute atomic E-state index is 0.0699. The van der Waals surface area contributed by atoms with Gasteiger partial charge in [-0.2, -0.15) is 0 Å². The zero-order valence-corrected chi connectivity index (χ0v) is 13.2. The number of esters is 1. The van der Waals surface area contributed by atoms with Crippen molar-refractivity contribution < 1.29 is 22.7 Å². The normalized spacial score (nSPS) is 14.5. The summed E-state index contributed by atoms with van der Waals surface area (Å²) in [6.07, 6.45) is 1.62. The molecule has 1 aromatic carbocycles. The van der Waals surface area contributed by atoms with E-state index in [2.05, 4.69) is 10.0 Å². The van der Waals surface area contributed by atoms with Crippen molar-refractivity contribution in [2.24, 2.45) is 5.92 Å². The topological polar surface area (TPSA) is 102 Å². The molecular formula is C14H18N2O5S. The molecule has 1 amide bonds. The first kappa shape index (κ1) is 16.4. The largest absolute Gasteiger partial charge is 0.455 e. The van der Waals surface area contributed by atoms with Gasteiger partial charge in [0.15, 0.2) is 6.61 Å². The molecule has 0 unspecified atom stereocenters. The number of sulfonamides is 1. The Morgan fingerprint density at radius 3 is 2.59 bits per heavy atom. The van der Waals surface area contributed by atoms with Crippen LogP contribution in [0.25, 0.3) is 0 Å². The highest BCUT2D eigenvalue weighted by Gasteiger charge is 2.31. The molecule has 1 aliphatic carbocycles. The monoisotopic (exact) mass is 326 g/mol. The van der Waals surface area contributed by atoms with Crippen LogP contribution in [0.1, 0.15) is 18.4 Å². The Labute approximate surface area is 129 Å². The molecule has 120 valence electrons. The summed E-state index contributed by atoms with van der Waals surface area (Å²) < 4.78 is 30.8. The van der Waals surface area contributed by atoms with E-state index >= 15 is 0 Å². The molecular weight excluding hydrogens is 308 g/mol. The lowest BCUT2D eigenvalue weighted by Gasteiger charge is -2.10. The van der Waals surface area contributed by atoms with Gasteiger partial charge in [-0.25, -0.2) is 13.1 Å². The molecule has 1 aromatic rings. The number of carbonyl (C=O) groups is 2. The average Bonchev–Trinajstić information content (AvgIpc) is 3.31. The fraction of sp³-hybridized carbons (Fsp3) is 0.429. The number of benzene rings is 1. The number of carbonyl (C=O) groups excluding carboxylic acids is 2. The van der Waals surface area contributed by atoms with E-state index in [4.69, 9.17) is 4.74 Å². The number of amides is 1. The van der Waals surface area contributed by atoms with E-state index in [0.717, 1.165) is 12.8 Å². The second kappa shape index (κ2) is 6.45. The van der Waals surface area contributed by atoms with Crippen LogP contribution < -0.4 is 10.0 Å². The van der Waals surface area contributed by atoms with Crippen molar-refractivity contribution in [2.45, 2.75) is 24.7 Å². The molecule has 1 fully saturated rings. The zero-order chi connectivity index (χ0) is 16.3. The third kappa shape index (κ3) is 4.05. The summed E-state index contributed by atoms with van der Waals surface area (Å²) >= 11 is 0. The highest BCUT2D eigenvalue weighted by molar-refractivity contribution is 7.89. The number of anilines is 1. The van der Waals surface area contributed by atoms with Crippen LogP contribution in [-0.2, 0) is 24.3 Å². The molecule has 0 aromatic heterocycles. The number of rotatable bonds is 6. The molecule has 0 atom stereocenters. The van der Waals surface area contributed by atoms with E-state index in [9.17, 15) is 18.0 Å². The summed E-state index contributed by atoms with van der Waals surface area (Å²) in [7, 11) is -2.29. The second-order valence-corrected chi connectivity index (χ2v) is 6.97. The number of hydrogen-bond acceptors (Lipinski definition) is 5. The summed E-state index contributed by atoms with van der Waals surface area (Å²) in [5, 5.41) is 2.51. The third-order valence-electron chi connectivity index (χ3n) is 3.29. The molecule has 0 spiro atoms. The number of aryl methyl sites for hydroxylation is 1. The van der Waals surface area contributed by atoms with Gasteiger partial charge in [-0.1, -0.05) is 6.07 Å². The van der Waals surface area contributed by atoms with E-state index in [0.29, 0.717) is 11.3 Å². The first-order valence-electron chi connectivity index (χ1n) is 6.84. The first-order valence-corrected chi connectivity index (χ1v) is 8.32. The highest BCUT2D eigenvalue weighted by atomic mass is 32.2. The van der Waals surface area contributed by atoms with Gasteiger partial charge in [0.1, 0.15) is 0 Å². The summed E-state index contributed by atoms with van der Waals surface area (Å²) in [5.41, 5.74) is 0.888. The predicted octanol–water partition coefficient (Wildman–Crippen LogP) is 0.795. The van der Waals surface area contributed by atoms with Crippen LogP contribution in [0.5, 0.6) is 0 Å². The molecule has 8 heteroatoms. The van der Waals surface area contributed by atoms with Crippen molar-refractivity contribution in [3.8, 4) is 0 Å². The molecule has 1 saturated carbocycles. The molecule has 0 saturated heterocycles. The summed E-state index contributed by atoms with van der Waals surface area (Å²) in [4.78, 5) is 23.1. The van der Waals surface area contributed by atoms with Crippen molar-refractivity contribution >= 4 is 27.6 Å².